The third-order valence-electron chi connectivity index (χ3n) is 5.02. The SMILES string of the molecule is CC(C)C1CNC(C)(C2CC2)CN1c1ccc(F)cc1. The minimum atomic E-state index is -0.157. The van der Waals surface area contributed by atoms with Crippen LogP contribution in [0, 0.1) is 17.7 Å². The summed E-state index contributed by atoms with van der Waals surface area (Å²) in [5.41, 5.74) is 1.36. The Bertz CT molecular complexity index is 466. The van der Waals surface area contributed by atoms with E-state index in [2.05, 4.69) is 31.0 Å². The molecule has 1 aromatic carbocycles. The van der Waals surface area contributed by atoms with E-state index in [4.69, 9.17) is 0 Å². The molecule has 2 atom stereocenters. The summed E-state index contributed by atoms with van der Waals surface area (Å²) in [6.45, 7) is 8.91. The molecule has 1 aliphatic carbocycles. The maximum Gasteiger partial charge on any atom is 0.123 e. The second-order valence-electron chi connectivity index (χ2n) is 6.99. The molecule has 1 saturated heterocycles. The van der Waals surface area contributed by atoms with Crippen LogP contribution in [-0.2, 0) is 0 Å². The Hall–Kier alpha value is -1.09. The maximum absolute atomic E-state index is 13.2. The summed E-state index contributed by atoms with van der Waals surface area (Å²) in [4.78, 5) is 2.49. The molecule has 0 spiro atoms. The van der Waals surface area contributed by atoms with Crippen molar-refractivity contribution in [2.75, 3.05) is 18.0 Å². The third-order valence-corrected chi connectivity index (χ3v) is 5.02. The first-order valence-corrected chi connectivity index (χ1v) is 7.77. The zero-order chi connectivity index (χ0) is 14.3. The van der Waals surface area contributed by atoms with Gasteiger partial charge < -0.3 is 10.2 Å². The Morgan fingerprint density at radius 1 is 1.25 bits per heavy atom. The number of nitrogens with one attached hydrogen (secondary N) is 1. The third kappa shape index (κ3) is 2.56. The van der Waals surface area contributed by atoms with Crippen LogP contribution < -0.4 is 10.2 Å². The van der Waals surface area contributed by atoms with Crippen molar-refractivity contribution >= 4 is 5.69 Å². The predicted octanol–water partition coefficient (Wildman–Crippen LogP) is 3.43. The fourth-order valence-corrected chi connectivity index (χ4v) is 3.48. The van der Waals surface area contributed by atoms with Crippen LogP contribution in [0.15, 0.2) is 24.3 Å². The van der Waals surface area contributed by atoms with Gasteiger partial charge in [0.05, 0.1) is 0 Å². The van der Waals surface area contributed by atoms with Gasteiger partial charge in [-0.05, 0) is 55.9 Å². The van der Waals surface area contributed by atoms with Crippen molar-refractivity contribution in [3.8, 4) is 0 Å². The van der Waals surface area contributed by atoms with Crippen LogP contribution in [0.5, 0.6) is 0 Å². The van der Waals surface area contributed by atoms with Crippen molar-refractivity contribution in [3.05, 3.63) is 30.1 Å². The van der Waals surface area contributed by atoms with E-state index in [1.54, 1.807) is 12.1 Å². The Labute approximate surface area is 121 Å². The van der Waals surface area contributed by atoms with Crippen molar-refractivity contribution in [1.82, 2.24) is 5.32 Å². The first-order valence-electron chi connectivity index (χ1n) is 7.77. The molecule has 20 heavy (non-hydrogen) atoms. The summed E-state index contributed by atoms with van der Waals surface area (Å²) in [6.07, 6.45) is 2.68. The molecule has 2 fully saturated rings. The second-order valence-corrected chi connectivity index (χ2v) is 6.99. The topological polar surface area (TPSA) is 15.3 Å². The smallest absolute Gasteiger partial charge is 0.123 e. The van der Waals surface area contributed by atoms with Crippen LogP contribution in [0.3, 0.4) is 0 Å². The molecule has 1 aromatic rings. The van der Waals surface area contributed by atoms with Gasteiger partial charge in [-0.3, -0.25) is 0 Å². The van der Waals surface area contributed by atoms with Crippen LogP contribution >= 0.6 is 0 Å². The molecule has 3 heteroatoms. The molecule has 2 unspecified atom stereocenters. The number of benzene rings is 1. The lowest BCUT2D eigenvalue weighted by Crippen LogP contribution is -2.65. The maximum atomic E-state index is 13.2. The molecule has 0 aromatic heterocycles. The van der Waals surface area contributed by atoms with Gasteiger partial charge in [0.1, 0.15) is 5.82 Å². The lowest BCUT2D eigenvalue weighted by molar-refractivity contribution is 0.233. The number of piperazine rings is 1. The first kappa shape index (κ1) is 13.9. The number of halogens is 1. The van der Waals surface area contributed by atoms with Crippen LogP contribution in [-0.4, -0.2) is 24.7 Å². The lowest BCUT2D eigenvalue weighted by Gasteiger charge is -2.49. The van der Waals surface area contributed by atoms with E-state index < -0.39 is 0 Å². The highest BCUT2D eigenvalue weighted by molar-refractivity contribution is 5.49. The van der Waals surface area contributed by atoms with Gasteiger partial charge in [0.25, 0.3) is 0 Å². The molecule has 0 amide bonds. The standard InChI is InChI=1S/C17H25FN2/c1-12(2)16-10-19-17(3,13-4-5-13)11-20(16)15-8-6-14(18)7-9-15/h6-9,12-13,16,19H,4-5,10-11H2,1-3H3. The molecule has 2 aliphatic rings. The van der Waals surface area contributed by atoms with Gasteiger partial charge in [-0.1, -0.05) is 13.8 Å². The Morgan fingerprint density at radius 2 is 1.90 bits per heavy atom. The molecular formula is C17H25FN2. The molecule has 110 valence electrons. The Balaban J connectivity index is 1.87. The van der Waals surface area contributed by atoms with Crippen molar-refractivity contribution in [2.45, 2.75) is 45.2 Å². The zero-order valence-corrected chi connectivity index (χ0v) is 12.7. The molecule has 0 radical (unpaired) electrons. The van der Waals surface area contributed by atoms with Gasteiger partial charge in [-0.2, -0.15) is 0 Å². The van der Waals surface area contributed by atoms with E-state index in [0.717, 1.165) is 24.7 Å². The van der Waals surface area contributed by atoms with Gasteiger partial charge in [0.2, 0.25) is 0 Å². The fraction of sp³-hybridized carbons (Fsp3) is 0.647. The van der Waals surface area contributed by atoms with Crippen molar-refractivity contribution in [1.29, 1.82) is 0 Å². The number of anilines is 1. The summed E-state index contributed by atoms with van der Waals surface area (Å²) in [7, 11) is 0. The zero-order valence-electron chi connectivity index (χ0n) is 12.7. The summed E-state index contributed by atoms with van der Waals surface area (Å²) in [5.74, 6) is 1.23. The second kappa shape index (κ2) is 5.03. The average molecular weight is 276 g/mol. The molecule has 1 heterocycles. The summed E-state index contributed by atoms with van der Waals surface area (Å²) < 4.78 is 13.2. The number of nitrogens with zero attached hydrogens (tertiary/aromatic N) is 1. The van der Waals surface area contributed by atoms with Crippen LogP contribution in [0.1, 0.15) is 33.6 Å². The molecule has 3 rings (SSSR count). The van der Waals surface area contributed by atoms with Gasteiger partial charge >= 0.3 is 0 Å². The normalized spacial score (nSPS) is 30.9. The molecule has 1 aliphatic heterocycles. The van der Waals surface area contributed by atoms with Gasteiger partial charge in [0.15, 0.2) is 0 Å². The average Bonchev–Trinajstić information content (AvgIpc) is 3.24. The number of rotatable bonds is 3. The molecule has 1 N–H and O–H groups in total. The monoisotopic (exact) mass is 276 g/mol. The van der Waals surface area contributed by atoms with Gasteiger partial charge in [-0.25, -0.2) is 4.39 Å². The largest absolute Gasteiger partial charge is 0.365 e. The van der Waals surface area contributed by atoms with Crippen LogP contribution in [0.2, 0.25) is 0 Å². The quantitative estimate of drug-likeness (QED) is 0.910. The summed E-state index contributed by atoms with van der Waals surface area (Å²) >= 11 is 0. The minimum Gasteiger partial charge on any atom is -0.365 e. The van der Waals surface area contributed by atoms with Gasteiger partial charge in [0, 0.05) is 30.4 Å². The Morgan fingerprint density at radius 3 is 2.45 bits per heavy atom. The molecular weight excluding hydrogens is 251 g/mol. The van der Waals surface area contributed by atoms with E-state index in [-0.39, 0.29) is 11.4 Å². The van der Waals surface area contributed by atoms with Crippen LogP contribution in [0.4, 0.5) is 10.1 Å². The van der Waals surface area contributed by atoms with Crippen molar-refractivity contribution in [2.24, 2.45) is 11.8 Å². The van der Waals surface area contributed by atoms with E-state index in [9.17, 15) is 4.39 Å². The summed E-state index contributed by atoms with van der Waals surface area (Å²) in [5, 5.41) is 3.78. The lowest BCUT2D eigenvalue weighted by atomic mass is 9.87. The number of hydrogen-bond donors (Lipinski definition) is 1. The van der Waals surface area contributed by atoms with Crippen molar-refractivity contribution in [3.63, 3.8) is 0 Å². The van der Waals surface area contributed by atoms with E-state index in [0.29, 0.717) is 12.0 Å². The van der Waals surface area contributed by atoms with E-state index >= 15 is 0 Å². The Kier molecular flexibility index (Phi) is 3.49. The molecule has 2 nitrogen and oxygen atoms in total. The van der Waals surface area contributed by atoms with E-state index in [1.165, 1.54) is 12.8 Å². The highest BCUT2D eigenvalue weighted by Crippen LogP contribution is 2.42. The highest BCUT2D eigenvalue weighted by atomic mass is 19.1. The molecule has 0 bridgehead atoms. The summed E-state index contributed by atoms with van der Waals surface area (Å²) in [6, 6.07) is 7.46. The first-order chi connectivity index (χ1) is 9.49. The van der Waals surface area contributed by atoms with Crippen molar-refractivity contribution < 1.29 is 4.39 Å². The van der Waals surface area contributed by atoms with Crippen LogP contribution in [0.25, 0.3) is 0 Å². The highest BCUT2D eigenvalue weighted by Gasteiger charge is 2.46. The predicted molar refractivity (Wildman–Crippen MR) is 81.5 cm³/mol. The minimum absolute atomic E-state index is 0.157. The fourth-order valence-electron chi connectivity index (χ4n) is 3.48. The molecule has 1 saturated carbocycles. The number of hydrogen-bond acceptors (Lipinski definition) is 2. The van der Waals surface area contributed by atoms with Gasteiger partial charge in [-0.15, -0.1) is 0 Å². The van der Waals surface area contributed by atoms with E-state index in [1.807, 2.05) is 12.1 Å².